The number of hydrogen-bond donors (Lipinski definition) is 0. The highest BCUT2D eigenvalue weighted by Gasteiger charge is 2.18. The van der Waals surface area contributed by atoms with Crippen molar-refractivity contribution >= 4 is 49.8 Å². The molecule has 0 saturated carbocycles. The molecule has 0 amide bonds. The molecule has 0 unspecified atom stereocenters. The lowest BCUT2D eigenvalue weighted by molar-refractivity contribution is 0.671. The summed E-state index contributed by atoms with van der Waals surface area (Å²) in [6.07, 6.45) is 0. The molecule has 1 heterocycles. The number of hydrogen-bond acceptors (Lipinski definition) is 2. The fourth-order valence-corrected chi connectivity index (χ4v) is 8.70. The van der Waals surface area contributed by atoms with Gasteiger partial charge in [-0.3, -0.25) is 0 Å². The molecule has 60 heavy (non-hydrogen) atoms. The van der Waals surface area contributed by atoms with Gasteiger partial charge in [0.05, 0.1) is 0 Å². The summed E-state index contributed by atoms with van der Waals surface area (Å²) < 4.78 is 6.90. The first-order valence-electron chi connectivity index (χ1n) is 20.5. The molecule has 0 aliphatic rings. The van der Waals surface area contributed by atoms with Crippen molar-refractivity contribution in [1.29, 1.82) is 0 Å². The third-order valence-electron chi connectivity index (χ3n) is 11.7. The molecule has 0 saturated heterocycles. The van der Waals surface area contributed by atoms with Gasteiger partial charge in [0, 0.05) is 39.0 Å². The second-order valence-electron chi connectivity index (χ2n) is 15.3. The van der Waals surface area contributed by atoms with E-state index in [1.807, 2.05) is 0 Å². The highest BCUT2D eigenvalue weighted by atomic mass is 16.3. The van der Waals surface area contributed by atoms with Crippen LogP contribution in [0.1, 0.15) is 0 Å². The molecule has 1 aromatic heterocycles. The normalized spacial score (nSPS) is 11.3. The molecule has 0 radical (unpaired) electrons. The molecule has 11 rings (SSSR count). The van der Waals surface area contributed by atoms with Crippen LogP contribution in [0.25, 0.3) is 88.3 Å². The van der Waals surface area contributed by atoms with Crippen molar-refractivity contribution in [3.05, 3.63) is 237 Å². The van der Waals surface area contributed by atoms with Crippen LogP contribution in [0.4, 0.5) is 17.1 Å². The lowest BCUT2D eigenvalue weighted by Gasteiger charge is -2.26. The monoisotopic (exact) mass is 765 g/mol. The minimum Gasteiger partial charge on any atom is -0.455 e. The third kappa shape index (κ3) is 6.41. The molecule has 11 aromatic rings. The van der Waals surface area contributed by atoms with Gasteiger partial charge in [-0.05, 0) is 97.7 Å². The fourth-order valence-electron chi connectivity index (χ4n) is 8.70. The zero-order valence-corrected chi connectivity index (χ0v) is 32.9. The molecule has 0 spiro atoms. The maximum atomic E-state index is 6.90. The van der Waals surface area contributed by atoms with Gasteiger partial charge in [0.25, 0.3) is 0 Å². The van der Waals surface area contributed by atoms with Crippen LogP contribution in [0.2, 0.25) is 0 Å². The summed E-state index contributed by atoms with van der Waals surface area (Å²) in [4.78, 5) is 2.33. The van der Waals surface area contributed by atoms with E-state index in [9.17, 15) is 0 Å². The summed E-state index contributed by atoms with van der Waals surface area (Å²) in [7, 11) is 0. The Labute approximate surface area is 349 Å². The van der Waals surface area contributed by atoms with Gasteiger partial charge in [-0.2, -0.15) is 0 Å². The smallest absolute Gasteiger partial charge is 0.143 e. The topological polar surface area (TPSA) is 16.4 Å². The van der Waals surface area contributed by atoms with E-state index in [0.717, 1.165) is 66.8 Å². The van der Waals surface area contributed by atoms with Crippen molar-refractivity contribution in [1.82, 2.24) is 0 Å². The molecular formula is C58H39NO. The lowest BCUT2D eigenvalue weighted by atomic mass is 9.96. The molecule has 0 N–H and O–H groups in total. The summed E-state index contributed by atoms with van der Waals surface area (Å²) in [5.74, 6) is 0. The van der Waals surface area contributed by atoms with Crippen LogP contribution in [-0.2, 0) is 0 Å². The Kier molecular flexibility index (Phi) is 8.87. The second-order valence-corrected chi connectivity index (χ2v) is 15.3. The number of para-hydroxylation sites is 2. The Bertz CT molecular complexity index is 3190. The molecule has 0 fully saturated rings. The highest BCUT2D eigenvalue weighted by Crippen LogP contribution is 2.43. The van der Waals surface area contributed by atoms with Crippen molar-refractivity contribution in [2.24, 2.45) is 0 Å². The number of nitrogens with zero attached hydrogens (tertiary/aromatic N) is 1. The van der Waals surface area contributed by atoms with Crippen LogP contribution in [0.3, 0.4) is 0 Å². The average Bonchev–Trinajstić information content (AvgIpc) is 3.72. The van der Waals surface area contributed by atoms with Crippen molar-refractivity contribution < 1.29 is 4.42 Å². The summed E-state index contributed by atoms with van der Waals surface area (Å²) in [6, 6.07) is 84.6. The van der Waals surface area contributed by atoms with Gasteiger partial charge >= 0.3 is 0 Å². The van der Waals surface area contributed by atoms with Crippen molar-refractivity contribution in [3.63, 3.8) is 0 Å². The summed E-state index contributed by atoms with van der Waals surface area (Å²) in [6.45, 7) is 0. The van der Waals surface area contributed by atoms with E-state index in [4.69, 9.17) is 4.42 Å². The molecule has 0 bridgehead atoms. The van der Waals surface area contributed by atoms with Gasteiger partial charge in [0.15, 0.2) is 0 Å². The average molecular weight is 766 g/mol. The zero-order valence-electron chi connectivity index (χ0n) is 32.9. The summed E-state index contributed by atoms with van der Waals surface area (Å²) in [5.41, 5.74) is 16.7. The van der Waals surface area contributed by atoms with E-state index in [1.54, 1.807) is 0 Å². The highest BCUT2D eigenvalue weighted by molar-refractivity contribution is 6.14. The van der Waals surface area contributed by atoms with Crippen molar-refractivity contribution in [2.75, 3.05) is 4.90 Å². The maximum absolute atomic E-state index is 6.90. The lowest BCUT2D eigenvalue weighted by Crippen LogP contribution is -2.09. The van der Waals surface area contributed by atoms with Gasteiger partial charge in [0.2, 0.25) is 0 Å². The van der Waals surface area contributed by atoms with Crippen LogP contribution in [0.5, 0.6) is 0 Å². The summed E-state index contributed by atoms with van der Waals surface area (Å²) >= 11 is 0. The van der Waals surface area contributed by atoms with Gasteiger partial charge in [0.1, 0.15) is 11.2 Å². The van der Waals surface area contributed by atoms with Crippen LogP contribution in [0.15, 0.2) is 241 Å². The predicted octanol–water partition coefficient (Wildman–Crippen LogP) is 16.5. The molecule has 2 nitrogen and oxygen atoms in total. The van der Waals surface area contributed by atoms with E-state index in [0.29, 0.717) is 0 Å². The van der Waals surface area contributed by atoms with Crippen LogP contribution in [0, 0.1) is 0 Å². The van der Waals surface area contributed by atoms with E-state index in [-0.39, 0.29) is 0 Å². The minimum absolute atomic E-state index is 0.903. The van der Waals surface area contributed by atoms with Gasteiger partial charge in [-0.15, -0.1) is 0 Å². The Hall–Kier alpha value is -7.94. The molecule has 10 aromatic carbocycles. The van der Waals surface area contributed by atoms with Crippen molar-refractivity contribution in [2.45, 2.75) is 0 Å². The molecule has 2 heteroatoms. The number of anilines is 3. The Morgan fingerprint density at radius 3 is 1.23 bits per heavy atom. The van der Waals surface area contributed by atoms with Gasteiger partial charge < -0.3 is 9.32 Å². The standard InChI is InChI=1S/C58H39NO/c1-3-13-40(14-4-1)42-27-33-48(34-28-42)59(49-35-29-43(30-36-49)41-15-5-2-6-16-41)50-37-31-44(32-38-50)46-19-9-20-47(39-46)52-22-11-25-55-56-26-12-24-54(58(56)60-57(52)55)53-23-10-18-45-17-7-8-21-51(45)53/h1-39H. The van der Waals surface area contributed by atoms with E-state index >= 15 is 0 Å². The van der Waals surface area contributed by atoms with Crippen molar-refractivity contribution in [3.8, 4) is 55.6 Å². The molecular weight excluding hydrogens is 727 g/mol. The minimum atomic E-state index is 0.903. The molecule has 0 aliphatic carbocycles. The largest absolute Gasteiger partial charge is 0.455 e. The zero-order chi connectivity index (χ0) is 39.8. The Morgan fingerprint density at radius 2 is 0.633 bits per heavy atom. The van der Waals surface area contributed by atoms with Crippen LogP contribution >= 0.6 is 0 Å². The van der Waals surface area contributed by atoms with E-state index < -0.39 is 0 Å². The van der Waals surface area contributed by atoms with E-state index in [1.165, 1.54) is 38.6 Å². The fraction of sp³-hybridized carbons (Fsp3) is 0. The first-order valence-corrected chi connectivity index (χ1v) is 20.5. The number of benzene rings is 10. The Morgan fingerprint density at radius 1 is 0.250 bits per heavy atom. The summed E-state index contributed by atoms with van der Waals surface area (Å²) in [5, 5.41) is 4.68. The van der Waals surface area contributed by atoms with Gasteiger partial charge in [-0.25, -0.2) is 0 Å². The molecule has 0 atom stereocenters. The molecule has 282 valence electrons. The number of rotatable bonds is 8. The number of furan rings is 1. The first-order chi connectivity index (χ1) is 29.7. The van der Waals surface area contributed by atoms with Gasteiger partial charge in [-0.1, -0.05) is 194 Å². The van der Waals surface area contributed by atoms with Crippen LogP contribution < -0.4 is 4.90 Å². The first kappa shape index (κ1) is 35.2. The van der Waals surface area contributed by atoms with Crippen LogP contribution in [-0.4, -0.2) is 0 Å². The SMILES string of the molecule is c1ccc(-c2ccc(N(c3ccc(-c4ccccc4)cc3)c3ccc(-c4cccc(-c5cccc6c5oc5c(-c7cccc8ccccc78)cccc56)c4)cc3)cc2)cc1. The Balaban J connectivity index is 0.951. The predicted molar refractivity (Wildman–Crippen MR) is 253 cm³/mol. The second kappa shape index (κ2) is 15.1. The quantitative estimate of drug-likeness (QED) is 0.153. The van der Waals surface area contributed by atoms with E-state index in [2.05, 4.69) is 241 Å². The third-order valence-corrected chi connectivity index (χ3v) is 11.7. The number of fused-ring (bicyclic) bond motifs is 4. The maximum Gasteiger partial charge on any atom is 0.143 e. The molecule has 0 aliphatic heterocycles.